The van der Waals surface area contributed by atoms with E-state index in [1.807, 2.05) is 0 Å². The molecule has 1 aliphatic rings. The zero-order valence-corrected chi connectivity index (χ0v) is 12.0. The molecule has 0 saturated heterocycles. The van der Waals surface area contributed by atoms with E-state index in [1.54, 1.807) is 12.1 Å². The number of alkyl halides is 3. The van der Waals surface area contributed by atoms with Gasteiger partial charge in [0.2, 0.25) is 0 Å². The molecule has 0 radical (unpaired) electrons. The van der Waals surface area contributed by atoms with Crippen LogP contribution in [0.2, 0.25) is 0 Å². The van der Waals surface area contributed by atoms with E-state index in [0.29, 0.717) is 23.3 Å². The van der Waals surface area contributed by atoms with Crippen LogP contribution in [-0.2, 0) is 5.54 Å². The first kappa shape index (κ1) is 14.8. The maximum absolute atomic E-state index is 12.3. The van der Waals surface area contributed by atoms with Gasteiger partial charge in [-0.15, -0.1) is 13.2 Å². The summed E-state index contributed by atoms with van der Waals surface area (Å²) in [6.45, 7) is 0. The monoisotopic (exact) mass is 328 g/mol. The molecule has 116 valence electrons. The predicted molar refractivity (Wildman–Crippen MR) is 73.6 cm³/mol. The average molecular weight is 328 g/mol. The Morgan fingerprint density at radius 3 is 2.68 bits per heavy atom. The fourth-order valence-corrected chi connectivity index (χ4v) is 2.70. The van der Waals surface area contributed by atoms with Gasteiger partial charge in [-0.1, -0.05) is 12.1 Å². The Hall–Kier alpha value is -2.09. The predicted octanol–water partition coefficient (Wildman–Crippen LogP) is 3.46. The summed E-state index contributed by atoms with van der Waals surface area (Å²) < 4.78 is 44.6. The van der Waals surface area contributed by atoms with Gasteiger partial charge >= 0.3 is 6.36 Å². The summed E-state index contributed by atoms with van der Waals surface area (Å²) in [6.07, 6.45) is -1.86. The van der Waals surface area contributed by atoms with E-state index in [2.05, 4.69) is 14.4 Å². The maximum atomic E-state index is 12.3. The van der Waals surface area contributed by atoms with Gasteiger partial charge in [0.05, 0.1) is 5.54 Å². The number of carbonyl (C=O) groups is 1. The highest BCUT2D eigenvalue weighted by molar-refractivity contribution is 7.08. The van der Waals surface area contributed by atoms with E-state index >= 15 is 0 Å². The summed E-state index contributed by atoms with van der Waals surface area (Å²) in [7, 11) is 0. The summed E-state index contributed by atoms with van der Waals surface area (Å²) in [5, 5.41) is 2.87. The molecule has 22 heavy (non-hydrogen) atoms. The van der Waals surface area contributed by atoms with E-state index in [4.69, 9.17) is 0 Å². The van der Waals surface area contributed by atoms with Gasteiger partial charge in [0.1, 0.15) is 10.6 Å². The summed E-state index contributed by atoms with van der Waals surface area (Å²) >= 11 is 1.07. The number of halogens is 3. The average Bonchev–Trinajstić information content (AvgIpc) is 3.00. The van der Waals surface area contributed by atoms with E-state index in [0.717, 1.165) is 11.5 Å². The summed E-state index contributed by atoms with van der Waals surface area (Å²) in [5.41, 5.74) is -0.0152. The molecule has 1 saturated carbocycles. The van der Waals surface area contributed by atoms with Crippen molar-refractivity contribution in [2.24, 2.45) is 0 Å². The van der Waals surface area contributed by atoms with Crippen LogP contribution < -0.4 is 10.1 Å². The minimum atomic E-state index is -4.73. The van der Waals surface area contributed by atoms with Crippen molar-refractivity contribution in [2.75, 3.05) is 0 Å². The van der Waals surface area contributed by atoms with E-state index < -0.39 is 11.9 Å². The van der Waals surface area contributed by atoms with Gasteiger partial charge in [0.25, 0.3) is 5.91 Å². The van der Waals surface area contributed by atoms with Crippen LogP contribution in [0.1, 0.15) is 28.1 Å². The number of nitrogens with zero attached hydrogens (tertiary/aromatic N) is 1. The molecule has 0 atom stereocenters. The van der Waals surface area contributed by atoms with E-state index in [9.17, 15) is 18.0 Å². The Kier molecular flexibility index (Phi) is 3.56. The molecule has 2 aromatic rings. The maximum Gasteiger partial charge on any atom is 0.573 e. The standard InChI is InChI=1S/C14H11F3N2O2S/c15-14(16,17)21-10-3-1-2-9(8-10)13(5-6-13)19-12(20)11-4-7-18-22-11/h1-4,7-8H,5-6H2,(H,19,20). The lowest BCUT2D eigenvalue weighted by Gasteiger charge is -2.18. The molecule has 0 spiro atoms. The van der Waals surface area contributed by atoms with Gasteiger partial charge in [0, 0.05) is 6.20 Å². The minimum absolute atomic E-state index is 0.276. The van der Waals surface area contributed by atoms with Gasteiger partial charge in [-0.3, -0.25) is 4.79 Å². The number of benzene rings is 1. The molecule has 3 rings (SSSR count). The van der Waals surface area contributed by atoms with Crippen molar-refractivity contribution in [3.8, 4) is 5.75 Å². The molecule has 8 heteroatoms. The number of rotatable bonds is 4. The zero-order valence-electron chi connectivity index (χ0n) is 11.2. The van der Waals surface area contributed by atoms with Crippen LogP contribution in [0.3, 0.4) is 0 Å². The van der Waals surface area contributed by atoms with Crippen molar-refractivity contribution >= 4 is 17.4 Å². The van der Waals surface area contributed by atoms with Crippen molar-refractivity contribution in [3.05, 3.63) is 47.0 Å². The molecule has 1 aromatic heterocycles. The van der Waals surface area contributed by atoms with Crippen molar-refractivity contribution < 1.29 is 22.7 Å². The third kappa shape index (κ3) is 3.22. The van der Waals surface area contributed by atoms with Gasteiger partial charge in [-0.05, 0) is 48.1 Å². The second kappa shape index (κ2) is 5.28. The lowest BCUT2D eigenvalue weighted by Crippen LogP contribution is -2.34. The van der Waals surface area contributed by atoms with Crippen molar-refractivity contribution in [3.63, 3.8) is 0 Å². The number of carbonyl (C=O) groups excluding carboxylic acids is 1. The second-order valence-corrected chi connectivity index (χ2v) is 5.82. The highest BCUT2D eigenvalue weighted by atomic mass is 32.1. The third-order valence-corrected chi connectivity index (χ3v) is 4.13. The topological polar surface area (TPSA) is 51.2 Å². The molecule has 1 fully saturated rings. The van der Waals surface area contributed by atoms with Gasteiger partial charge in [-0.25, -0.2) is 4.37 Å². The Balaban J connectivity index is 1.78. The molecular formula is C14H11F3N2O2S. The number of nitrogens with one attached hydrogen (secondary N) is 1. The lowest BCUT2D eigenvalue weighted by molar-refractivity contribution is -0.274. The van der Waals surface area contributed by atoms with Gasteiger partial charge < -0.3 is 10.1 Å². The van der Waals surface area contributed by atoms with Crippen molar-refractivity contribution in [1.29, 1.82) is 0 Å². The number of aromatic nitrogens is 1. The molecule has 1 heterocycles. The van der Waals surface area contributed by atoms with E-state index in [1.165, 1.54) is 24.4 Å². The summed E-state index contributed by atoms with van der Waals surface area (Å²) in [5.74, 6) is -0.564. The Labute approximate surface area is 128 Å². The first-order valence-electron chi connectivity index (χ1n) is 6.47. The third-order valence-electron chi connectivity index (χ3n) is 3.38. The molecule has 4 nitrogen and oxygen atoms in total. The Morgan fingerprint density at radius 2 is 2.09 bits per heavy atom. The Bertz CT molecular complexity index is 682. The van der Waals surface area contributed by atoms with E-state index in [-0.39, 0.29) is 11.7 Å². The quantitative estimate of drug-likeness (QED) is 0.935. The smallest absolute Gasteiger partial charge is 0.406 e. The molecule has 0 bridgehead atoms. The molecule has 1 aliphatic carbocycles. The fourth-order valence-electron chi connectivity index (χ4n) is 2.21. The highest BCUT2D eigenvalue weighted by Gasteiger charge is 2.46. The molecular weight excluding hydrogens is 317 g/mol. The first-order valence-corrected chi connectivity index (χ1v) is 7.25. The largest absolute Gasteiger partial charge is 0.573 e. The summed E-state index contributed by atoms with van der Waals surface area (Å²) in [4.78, 5) is 12.6. The van der Waals surface area contributed by atoms with Crippen LogP contribution in [0.15, 0.2) is 36.5 Å². The van der Waals surface area contributed by atoms with Crippen LogP contribution >= 0.6 is 11.5 Å². The second-order valence-electron chi connectivity index (χ2n) is 4.99. The SMILES string of the molecule is O=C(NC1(c2cccc(OC(F)(F)F)c2)CC1)c1ccns1. The van der Waals surface area contributed by atoms with Gasteiger partial charge in [-0.2, -0.15) is 0 Å². The number of hydrogen-bond donors (Lipinski definition) is 1. The van der Waals surface area contributed by atoms with Crippen LogP contribution in [0.25, 0.3) is 0 Å². The van der Waals surface area contributed by atoms with Crippen LogP contribution in [0, 0.1) is 0 Å². The zero-order chi connectivity index (χ0) is 15.8. The van der Waals surface area contributed by atoms with Crippen LogP contribution in [0.5, 0.6) is 5.75 Å². The number of ether oxygens (including phenoxy) is 1. The molecule has 1 N–H and O–H groups in total. The highest BCUT2D eigenvalue weighted by Crippen LogP contribution is 2.46. The van der Waals surface area contributed by atoms with Crippen molar-refractivity contribution in [1.82, 2.24) is 9.69 Å². The molecule has 1 amide bonds. The molecule has 1 aromatic carbocycles. The van der Waals surface area contributed by atoms with Crippen molar-refractivity contribution in [2.45, 2.75) is 24.7 Å². The lowest BCUT2D eigenvalue weighted by atomic mass is 10.0. The minimum Gasteiger partial charge on any atom is -0.406 e. The molecule has 0 aliphatic heterocycles. The van der Waals surface area contributed by atoms with Crippen LogP contribution in [0.4, 0.5) is 13.2 Å². The number of amides is 1. The number of hydrogen-bond acceptors (Lipinski definition) is 4. The normalized spacial score (nSPS) is 16.1. The molecule has 0 unspecified atom stereocenters. The first-order chi connectivity index (χ1) is 10.4. The van der Waals surface area contributed by atoms with Gasteiger partial charge in [0.15, 0.2) is 0 Å². The fraction of sp³-hybridized carbons (Fsp3) is 0.286. The Morgan fingerprint density at radius 1 is 1.32 bits per heavy atom. The van der Waals surface area contributed by atoms with Crippen LogP contribution in [-0.4, -0.2) is 16.6 Å². The summed E-state index contributed by atoms with van der Waals surface area (Å²) in [6, 6.07) is 7.31.